The lowest BCUT2D eigenvalue weighted by Gasteiger charge is -2.27. The van der Waals surface area contributed by atoms with E-state index in [1.807, 2.05) is 19.1 Å². The predicted octanol–water partition coefficient (Wildman–Crippen LogP) is 9.28. The van der Waals surface area contributed by atoms with Gasteiger partial charge in [-0.15, -0.1) is 0 Å². The minimum atomic E-state index is -2.82. The van der Waals surface area contributed by atoms with Gasteiger partial charge in [-0.05, 0) is 61.7 Å². The molecule has 2 aliphatic rings. The number of hydrogen-bond acceptors (Lipinski definition) is 2. The summed E-state index contributed by atoms with van der Waals surface area (Å²) in [4.78, 5) is 11.0. The fourth-order valence-corrected chi connectivity index (χ4v) is 3.87. The van der Waals surface area contributed by atoms with Crippen LogP contribution in [0.3, 0.4) is 0 Å². The van der Waals surface area contributed by atoms with E-state index in [0.29, 0.717) is 17.0 Å². The first-order chi connectivity index (χ1) is 16.9. The minimum Gasteiger partial charge on any atom is -0.400 e. The number of aliphatic hydroxyl groups is 1. The third-order valence-electron chi connectivity index (χ3n) is 6.52. The Hall–Kier alpha value is -1.71. The zero-order valence-electron chi connectivity index (χ0n) is 22.9. The lowest BCUT2D eigenvalue weighted by atomic mass is 9.79. The number of Topliss-reactive ketones (excluding diaryl/α,β-unsaturated/α-hetero) is 1. The molecule has 0 radical (unpaired) electrons. The van der Waals surface area contributed by atoms with E-state index in [9.17, 15) is 18.0 Å². The summed E-state index contributed by atoms with van der Waals surface area (Å²) in [6.45, 7) is 12.9. The van der Waals surface area contributed by atoms with Crippen LogP contribution in [-0.2, 0) is 0 Å². The molecule has 2 unspecified atom stereocenters. The summed E-state index contributed by atoms with van der Waals surface area (Å²) in [6.07, 6.45) is 12.8. The van der Waals surface area contributed by atoms with Crippen LogP contribution >= 0.6 is 9.24 Å². The molecule has 1 N–H and O–H groups in total. The highest BCUT2D eigenvalue weighted by molar-refractivity contribution is 7.18. The molecule has 2 fully saturated rings. The quantitative estimate of drug-likeness (QED) is 0.228. The van der Waals surface area contributed by atoms with E-state index in [0.717, 1.165) is 37.4 Å². The summed E-state index contributed by atoms with van der Waals surface area (Å²) < 4.78 is 39.5. The molecule has 1 aromatic carbocycles. The van der Waals surface area contributed by atoms with Crippen LogP contribution < -0.4 is 0 Å². The molecule has 2 nitrogen and oxygen atoms in total. The zero-order valence-corrected chi connectivity index (χ0v) is 24.0. The zero-order chi connectivity index (χ0) is 27.9. The van der Waals surface area contributed by atoms with Crippen molar-refractivity contribution in [1.29, 1.82) is 0 Å². The monoisotopic (exact) mass is 526 g/mol. The van der Waals surface area contributed by atoms with Crippen LogP contribution in [0, 0.1) is 17.8 Å². The van der Waals surface area contributed by atoms with Crippen molar-refractivity contribution in [2.45, 2.75) is 84.7 Å². The number of ketones is 1. The average Bonchev–Trinajstić information content (AvgIpc) is 3.65. The van der Waals surface area contributed by atoms with E-state index >= 15 is 0 Å². The summed E-state index contributed by atoms with van der Waals surface area (Å²) in [6, 6.07) is 6.29. The summed E-state index contributed by atoms with van der Waals surface area (Å²) in [5.41, 5.74) is -0.907. The number of aliphatic hydroxyl groups excluding tert-OH is 1. The van der Waals surface area contributed by atoms with Crippen LogP contribution in [-0.4, -0.2) is 23.7 Å². The van der Waals surface area contributed by atoms with Crippen LogP contribution in [0.15, 0.2) is 60.5 Å². The molecular formula is C30H46F3O2P. The fraction of sp³-hybridized carbons (Fsp3) is 0.567. The van der Waals surface area contributed by atoms with Gasteiger partial charge in [-0.2, -0.15) is 0 Å². The second-order valence-electron chi connectivity index (χ2n) is 9.72. The van der Waals surface area contributed by atoms with E-state index < -0.39 is 11.6 Å². The number of allylic oxidation sites excluding steroid dienone is 5. The maximum atomic E-state index is 13.6. The van der Waals surface area contributed by atoms with Gasteiger partial charge in [0.25, 0.3) is 5.66 Å². The maximum absolute atomic E-state index is 13.6. The molecule has 3 rings (SSSR count). The first kappa shape index (κ1) is 34.3. The Bertz CT molecular complexity index is 829. The topological polar surface area (TPSA) is 37.3 Å². The summed E-state index contributed by atoms with van der Waals surface area (Å²) in [5.74, 6) is 1.21. The number of carbonyl (C=O) groups excluding carboxylic acids is 1. The Morgan fingerprint density at radius 3 is 1.83 bits per heavy atom. The predicted molar refractivity (Wildman–Crippen MR) is 150 cm³/mol. The van der Waals surface area contributed by atoms with Crippen molar-refractivity contribution in [3.8, 4) is 0 Å². The van der Waals surface area contributed by atoms with Crippen molar-refractivity contribution in [1.82, 2.24) is 0 Å². The highest BCUT2D eigenvalue weighted by Crippen LogP contribution is 2.38. The standard InChI is InChI=1S/C14H21F.C11H13F2OP.C4H8.CH4O/c1-4-6-13(14(15)5-2)12-9-7-11(3)8-10-12;1-7(11(12,13)15)9-3-5-10(6-4-9)8(2)14;1-4-2-3-4;1-2/h4-6,11-12H,2,7-10H2,1,3H3;3-7H,15H2,1-2H3;4H,2-3H2,1H3;2H,1H3/b6-4-,14-13-;;;. The van der Waals surface area contributed by atoms with E-state index in [1.165, 1.54) is 54.8 Å². The average molecular weight is 527 g/mol. The third-order valence-corrected chi connectivity index (χ3v) is 7.02. The molecule has 6 heteroatoms. The summed E-state index contributed by atoms with van der Waals surface area (Å²) in [5, 5.41) is 7.00. The molecule has 0 aromatic heterocycles. The third kappa shape index (κ3) is 13.6. The first-order valence-corrected chi connectivity index (χ1v) is 13.3. The molecule has 0 spiro atoms. The van der Waals surface area contributed by atoms with Crippen LogP contribution in [0.25, 0.3) is 0 Å². The SMILES string of the molecule is C=C/C(F)=C(\C=C/C)C1CCC(C)CC1.CC(=O)c1ccc(C(C)C(F)(F)P)cc1.CC1CC1.CO. The van der Waals surface area contributed by atoms with Crippen LogP contribution in [0.2, 0.25) is 0 Å². The van der Waals surface area contributed by atoms with E-state index in [4.69, 9.17) is 5.11 Å². The minimum absolute atomic E-state index is 0.0631. The van der Waals surface area contributed by atoms with Crippen LogP contribution in [0.5, 0.6) is 0 Å². The Morgan fingerprint density at radius 1 is 1.06 bits per heavy atom. The molecule has 2 atom stereocenters. The molecule has 1 aromatic rings. The van der Waals surface area contributed by atoms with Gasteiger partial charge in [-0.1, -0.05) is 98.7 Å². The number of hydrogen-bond donors (Lipinski definition) is 1. The summed E-state index contributed by atoms with van der Waals surface area (Å²) >= 11 is 0. The smallest absolute Gasteiger partial charge is 0.265 e. The lowest BCUT2D eigenvalue weighted by Crippen LogP contribution is -2.15. The molecule has 2 aliphatic carbocycles. The van der Waals surface area contributed by atoms with Crippen molar-refractivity contribution in [3.05, 3.63) is 71.6 Å². The van der Waals surface area contributed by atoms with Crippen LogP contribution in [0.1, 0.15) is 95.0 Å². The molecule has 0 heterocycles. The van der Waals surface area contributed by atoms with Gasteiger partial charge >= 0.3 is 0 Å². The molecule has 0 amide bonds. The second kappa shape index (κ2) is 17.7. The number of halogens is 3. The highest BCUT2D eigenvalue weighted by Gasteiger charge is 2.31. The van der Waals surface area contributed by atoms with Crippen molar-refractivity contribution < 1.29 is 23.1 Å². The maximum Gasteiger partial charge on any atom is 0.265 e. The molecule has 0 aliphatic heterocycles. The molecular weight excluding hydrogens is 480 g/mol. The van der Waals surface area contributed by atoms with E-state index in [1.54, 1.807) is 24.3 Å². The number of rotatable bonds is 6. The van der Waals surface area contributed by atoms with Crippen molar-refractivity contribution in [2.75, 3.05) is 7.11 Å². The summed E-state index contributed by atoms with van der Waals surface area (Å²) in [7, 11) is 2.53. The number of alkyl halides is 2. The normalized spacial score (nSPS) is 20.9. The van der Waals surface area contributed by atoms with Gasteiger partial charge in [0.05, 0.1) is 0 Å². The Kier molecular flexibility index (Phi) is 16.9. The number of carbonyl (C=O) groups is 1. The van der Waals surface area contributed by atoms with Gasteiger partial charge in [-0.3, -0.25) is 4.79 Å². The van der Waals surface area contributed by atoms with Gasteiger partial charge in [0.1, 0.15) is 5.83 Å². The van der Waals surface area contributed by atoms with Crippen molar-refractivity contribution in [3.63, 3.8) is 0 Å². The van der Waals surface area contributed by atoms with Gasteiger partial charge in [0.2, 0.25) is 0 Å². The Balaban J connectivity index is 0.000000554. The Morgan fingerprint density at radius 2 is 1.50 bits per heavy atom. The van der Waals surface area contributed by atoms with E-state index in [-0.39, 0.29) is 11.6 Å². The number of benzene rings is 1. The van der Waals surface area contributed by atoms with Gasteiger partial charge in [-0.25, -0.2) is 13.2 Å². The van der Waals surface area contributed by atoms with Gasteiger partial charge in [0, 0.05) is 18.6 Å². The first-order valence-electron chi connectivity index (χ1n) is 12.8. The van der Waals surface area contributed by atoms with E-state index in [2.05, 4.69) is 20.4 Å². The van der Waals surface area contributed by atoms with Crippen LogP contribution in [0.4, 0.5) is 13.2 Å². The molecule has 36 heavy (non-hydrogen) atoms. The van der Waals surface area contributed by atoms with Gasteiger partial charge in [0.15, 0.2) is 5.78 Å². The van der Waals surface area contributed by atoms with Gasteiger partial charge < -0.3 is 5.11 Å². The van der Waals surface area contributed by atoms with Crippen molar-refractivity contribution in [2.24, 2.45) is 17.8 Å². The molecule has 0 saturated heterocycles. The lowest BCUT2D eigenvalue weighted by molar-refractivity contribution is 0.0781. The highest BCUT2D eigenvalue weighted by atomic mass is 31.0. The molecule has 2 saturated carbocycles. The second-order valence-corrected chi connectivity index (χ2v) is 10.5. The fourth-order valence-electron chi connectivity index (χ4n) is 3.67. The molecule has 0 bridgehead atoms. The Labute approximate surface area is 219 Å². The largest absolute Gasteiger partial charge is 0.400 e. The van der Waals surface area contributed by atoms with Crippen molar-refractivity contribution >= 4 is 15.0 Å². The molecule has 204 valence electrons.